The van der Waals surface area contributed by atoms with E-state index in [0.717, 1.165) is 6.54 Å². The zero-order valence-corrected chi connectivity index (χ0v) is 11.3. The maximum atomic E-state index is 2.22. The van der Waals surface area contributed by atoms with Crippen molar-refractivity contribution in [1.29, 1.82) is 0 Å². The van der Waals surface area contributed by atoms with E-state index in [0.29, 0.717) is 0 Å². The van der Waals surface area contributed by atoms with Gasteiger partial charge in [0.1, 0.15) is 18.8 Å². The molecule has 0 aliphatic rings. The monoisotopic (exact) mass is 248 g/mol. The van der Waals surface area contributed by atoms with E-state index in [2.05, 4.69) is 61.9 Å². The Hall–Kier alpha value is -1.16. The summed E-state index contributed by atoms with van der Waals surface area (Å²) in [4.78, 5) is 2.97. The summed E-state index contributed by atoms with van der Waals surface area (Å²) >= 11 is 1.83. The molecule has 2 aromatic rings. The molecule has 3 heteroatoms. The van der Waals surface area contributed by atoms with Crippen molar-refractivity contribution >= 4 is 22.0 Å². The second kappa shape index (κ2) is 5.96. The van der Waals surface area contributed by atoms with Crippen molar-refractivity contribution in [1.82, 2.24) is 0 Å². The van der Waals surface area contributed by atoms with Crippen molar-refractivity contribution < 1.29 is 9.80 Å². The van der Waals surface area contributed by atoms with Crippen molar-refractivity contribution in [3.63, 3.8) is 0 Å². The molecule has 1 unspecified atom stereocenters. The highest BCUT2D eigenvalue weighted by Crippen LogP contribution is 2.13. The smallest absolute Gasteiger partial charge is 0.191 e. The number of para-hydroxylation sites is 1. The number of benzene rings is 1. The van der Waals surface area contributed by atoms with E-state index >= 15 is 0 Å². The summed E-state index contributed by atoms with van der Waals surface area (Å²) < 4.78 is 0. The van der Waals surface area contributed by atoms with E-state index in [-0.39, 0.29) is 0 Å². The van der Waals surface area contributed by atoms with Gasteiger partial charge in [-0.15, -0.1) is 0 Å². The topological polar surface area (TPSA) is 8.88 Å². The predicted molar refractivity (Wildman–Crippen MR) is 73.6 cm³/mol. The number of rotatable bonds is 5. The highest BCUT2D eigenvalue weighted by Gasteiger charge is 2.17. The van der Waals surface area contributed by atoms with Crippen LogP contribution >= 0.6 is 11.3 Å². The lowest BCUT2D eigenvalue weighted by atomic mass is 10.3. The predicted octanol–water partition coefficient (Wildman–Crippen LogP) is 0.741. The SMILES string of the molecule is C[NH+](C)CC[NH+](c1ccccc1)c1cccs1. The molecule has 1 atom stereocenters. The van der Waals surface area contributed by atoms with Gasteiger partial charge in [0.15, 0.2) is 5.00 Å². The Kier molecular flexibility index (Phi) is 4.31. The van der Waals surface area contributed by atoms with Crippen LogP contribution < -0.4 is 9.80 Å². The molecule has 2 rings (SSSR count). The Morgan fingerprint density at radius 2 is 1.71 bits per heavy atom. The van der Waals surface area contributed by atoms with Gasteiger partial charge in [-0.1, -0.05) is 29.5 Å². The molecule has 1 aromatic carbocycles. The van der Waals surface area contributed by atoms with Gasteiger partial charge < -0.3 is 4.90 Å². The average Bonchev–Trinajstić information content (AvgIpc) is 2.84. The molecular formula is C14H20N2S+2. The molecule has 0 aliphatic heterocycles. The van der Waals surface area contributed by atoms with Gasteiger partial charge in [0.2, 0.25) is 0 Å². The van der Waals surface area contributed by atoms with Gasteiger partial charge in [-0.2, -0.15) is 0 Å². The molecular weight excluding hydrogens is 228 g/mol. The van der Waals surface area contributed by atoms with Crippen molar-refractivity contribution in [2.45, 2.75) is 0 Å². The van der Waals surface area contributed by atoms with Crippen LogP contribution in [-0.2, 0) is 0 Å². The highest BCUT2D eigenvalue weighted by molar-refractivity contribution is 7.13. The number of nitrogens with one attached hydrogen (secondary N) is 2. The minimum absolute atomic E-state index is 1.13. The fraction of sp³-hybridized carbons (Fsp3) is 0.286. The fourth-order valence-corrected chi connectivity index (χ4v) is 2.70. The summed E-state index contributed by atoms with van der Waals surface area (Å²) in [6.07, 6.45) is 0. The van der Waals surface area contributed by atoms with E-state index in [4.69, 9.17) is 0 Å². The Bertz CT molecular complexity index is 423. The Morgan fingerprint density at radius 1 is 0.941 bits per heavy atom. The van der Waals surface area contributed by atoms with Crippen LogP contribution in [0, 0.1) is 0 Å². The Morgan fingerprint density at radius 3 is 2.29 bits per heavy atom. The molecule has 0 saturated carbocycles. The first-order chi connectivity index (χ1) is 8.27. The quantitative estimate of drug-likeness (QED) is 0.772. The van der Waals surface area contributed by atoms with Crippen LogP contribution in [0.4, 0.5) is 10.7 Å². The molecule has 0 aliphatic carbocycles. The second-order valence-electron chi connectivity index (χ2n) is 4.53. The van der Waals surface area contributed by atoms with E-state index < -0.39 is 0 Å². The number of hydrogen-bond acceptors (Lipinski definition) is 1. The van der Waals surface area contributed by atoms with Gasteiger partial charge >= 0.3 is 0 Å². The number of quaternary nitrogens is 2. The molecule has 90 valence electrons. The standard InChI is InChI=1S/C14H18N2S/c1-15(2)10-11-16(14-9-6-12-17-14)13-7-4-3-5-8-13/h3-9,12H,10-11H2,1-2H3/p+2. The van der Waals surface area contributed by atoms with Crippen LogP contribution in [0.2, 0.25) is 0 Å². The van der Waals surface area contributed by atoms with Gasteiger partial charge in [0, 0.05) is 6.07 Å². The van der Waals surface area contributed by atoms with Crippen LogP contribution in [0.25, 0.3) is 0 Å². The zero-order valence-electron chi connectivity index (χ0n) is 10.4. The van der Waals surface area contributed by atoms with Crippen LogP contribution in [0.1, 0.15) is 0 Å². The third-order valence-electron chi connectivity index (χ3n) is 2.82. The van der Waals surface area contributed by atoms with Crippen molar-refractivity contribution in [3.8, 4) is 0 Å². The van der Waals surface area contributed by atoms with Crippen LogP contribution in [0.3, 0.4) is 0 Å². The normalized spacial score (nSPS) is 12.9. The summed E-state index contributed by atoms with van der Waals surface area (Å²) in [5.74, 6) is 0. The Balaban J connectivity index is 2.19. The van der Waals surface area contributed by atoms with Gasteiger partial charge in [-0.05, 0) is 23.6 Å². The molecule has 0 spiro atoms. The number of hydrogen-bond donors (Lipinski definition) is 2. The molecule has 2 N–H and O–H groups in total. The first-order valence-electron chi connectivity index (χ1n) is 6.01. The zero-order chi connectivity index (χ0) is 12.1. The molecule has 0 radical (unpaired) electrons. The average molecular weight is 248 g/mol. The molecule has 0 bridgehead atoms. The summed E-state index contributed by atoms with van der Waals surface area (Å²) in [5.41, 5.74) is 1.36. The molecule has 17 heavy (non-hydrogen) atoms. The highest BCUT2D eigenvalue weighted by atomic mass is 32.1. The van der Waals surface area contributed by atoms with Crippen LogP contribution in [0.5, 0.6) is 0 Å². The molecule has 2 nitrogen and oxygen atoms in total. The Labute approximate surface area is 107 Å². The lowest BCUT2D eigenvalue weighted by Gasteiger charge is -2.17. The molecule has 0 saturated heterocycles. The van der Waals surface area contributed by atoms with Gasteiger partial charge in [-0.3, -0.25) is 4.90 Å². The fourth-order valence-electron chi connectivity index (χ4n) is 1.87. The molecule has 0 amide bonds. The van der Waals surface area contributed by atoms with Crippen molar-refractivity contribution in [3.05, 3.63) is 47.8 Å². The minimum Gasteiger partial charge on any atom is -0.335 e. The van der Waals surface area contributed by atoms with Crippen molar-refractivity contribution in [2.75, 3.05) is 27.2 Å². The summed E-state index contributed by atoms with van der Waals surface area (Å²) in [6, 6.07) is 15.1. The van der Waals surface area contributed by atoms with E-state index in [9.17, 15) is 0 Å². The maximum Gasteiger partial charge on any atom is 0.191 e. The van der Waals surface area contributed by atoms with Crippen molar-refractivity contribution in [2.24, 2.45) is 0 Å². The first kappa shape index (κ1) is 12.3. The van der Waals surface area contributed by atoms with Gasteiger partial charge in [0.05, 0.1) is 14.1 Å². The summed E-state index contributed by atoms with van der Waals surface area (Å²) in [7, 11) is 4.41. The minimum atomic E-state index is 1.13. The van der Waals surface area contributed by atoms with Crippen LogP contribution in [-0.4, -0.2) is 27.2 Å². The second-order valence-corrected chi connectivity index (χ2v) is 5.48. The number of likely N-dealkylation sites (N-methyl/N-ethyl adjacent to an activating group) is 1. The van der Waals surface area contributed by atoms with E-state index in [1.54, 1.807) is 0 Å². The summed E-state index contributed by atoms with van der Waals surface area (Å²) in [6.45, 7) is 2.30. The van der Waals surface area contributed by atoms with Gasteiger partial charge in [0.25, 0.3) is 0 Å². The molecule has 1 heterocycles. The van der Waals surface area contributed by atoms with Crippen LogP contribution in [0.15, 0.2) is 47.8 Å². The molecule has 1 aromatic heterocycles. The largest absolute Gasteiger partial charge is 0.335 e. The molecule has 0 fully saturated rings. The lowest BCUT2D eigenvalue weighted by molar-refractivity contribution is -0.887. The lowest BCUT2D eigenvalue weighted by Crippen LogP contribution is -3.13. The third-order valence-corrected chi connectivity index (χ3v) is 3.75. The maximum absolute atomic E-state index is 2.22. The van der Waals surface area contributed by atoms with E-state index in [1.807, 2.05) is 11.3 Å². The number of thiophene rings is 1. The third kappa shape index (κ3) is 3.40. The van der Waals surface area contributed by atoms with Gasteiger partial charge in [-0.25, -0.2) is 0 Å². The summed E-state index contributed by atoms with van der Waals surface area (Å²) in [5, 5.41) is 3.55. The first-order valence-corrected chi connectivity index (χ1v) is 6.89. The van der Waals surface area contributed by atoms with E-state index in [1.165, 1.54) is 27.0 Å².